The molecule has 0 unspecified atom stereocenters. The highest BCUT2D eigenvalue weighted by molar-refractivity contribution is 5.67. The van der Waals surface area contributed by atoms with E-state index in [4.69, 9.17) is 4.42 Å². The Balaban J connectivity index is 0. The van der Waals surface area contributed by atoms with Gasteiger partial charge >= 0.3 is 0 Å². The second-order valence-electron chi connectivity index (χ2n) is 2.13. The zero-order valence-electron chi connectivity index (χ0n) is 10.7. The molecule has 0 amide bonds. The minimum atomic E-state index is 0.556. The predicted octanol–water partition coefficient (Wildman–Crippen LogP) is 4.48. The van der Waals surface area contributed by atoms with Crippen molar-refractivity contribution < 1.29 is 4.42 Å². The summed E-state index contributed by atoms with van der Waals surface area (Å²) in [6.07, 6.45) is 3.31. The summed E-state index contributed by atoms with van der Waals surface area (Å²) >= 11 is 0. The molecule has 1 aromatic rings. The zero-order chi connectivity index (χ0) is 12.3. The maximum atomic E-state index is 5.10. The molecule has 3 heteroatoms. The summed E-state index contributed by atoms with van der Waals surface area (Å²) in [5, 5.41) is 0. The van der Waals surface area contributed by atoms with E-state index in [1.54, 1.807) is 0 Å². The molecule has 0 aliphatic heterocycles. The first kappa shape index (κ1) is 16.1. The van der Waals surface area contributed by atoms with Crippen LogP contribution in [0.1, 0.15) is 47.3 Å². The lowest BCUT2D eigenvalue weighted by Gasteiger charge is -1.93. The van der Waals surface area contributed by atoms with Gasteiger partial charge in [-0.2, -0.15) is 4.98 Å². The molecule has 1 heterocycles. The van der Waals surface area contributed by atoms with E-state index in [2.05, 4.69) is 16.7 Å². The largest absolute Gasteiger partial charge is 0.441 e. The summed E-state index contributed by atoms with van der Waals surface area (Å²) < 4.78 is 5.10. The van der Waals surface area contributed by atoms with Gasteiger partial charge in [0.1, 0.15) is 0 Å². The second-order valence-corrected chi connectivity index (χ2v) is 2.13. The van der Waals surface area contributed by atoms with Gasteiger partial charge in [-0.15, -0.1) is 0 Å². The second kappa shape index (κ2) is 10.7. The molecule has 0 aromatic carbocycles. The zero-order valence-corrected chi connectivity index (χ0v) is 10.7. The lowest BCUT2D eigenvalue weighted by atomic mass is 10.2. The van der Waals surface area contributed by atoms with Gasteiger partial charge in [0, 0.05) is 0 Å². The van der Waals surface area contributed by atoms with Gasteiger partial charge in [0.05, 0.1) is 0 Å². The first-order valence-electron chi connectivity index (χ1n) is 5.33. The number of nitrogens with zero attached hydrogens (tertiary/aromatic N) is 2. The minimum absolute atomic E-state index is 0.556. The van der Waals surface area contributed by atoms with E-state index >= 15 is 0 Å². The molecule has 86 valence electrons. The molecule has 1 aromatic heterocycles. The summed E-state index contributed by atoms with van der Waals surface area (Å²) in [4.78, 5) is 7.57. The van der Waals surface area contributed by atoms with Gasteiger partial charge in [-0.05, 0) is 26.1 Å². The number of rotatable bonds is 2. The number of allylic oxidation sites excluding steroid dienone is 2. The minimum Gasteiger partial charge on any atom is -0.441 e. The maximum absolute atomic E-state index is 5.10. The van der Waals surface area contributed by atoms with Crippen LogP contribution in [-0.2, 0) is 0 Å². The molecule has 0 bridgehead atoms. The highest BCUT2D eigenvalue weighted by Crippen LogP contribution is 2.23. The summed E-state index contributed by atoms with van der Waals surface area (Å²) in [5.41, 5.74) is 1.02. The fraction of sp³-hybridized carbons (Fsp3) is 0.500. The standard InChI is InChI=1S/C8H10N2O.2C2H6/c1-4-6(2)7-8(9-3)10-5-11-7;2*1-2/h4-5H,3H2,1-2H3;2*1-2H3/b6-4-;;. The van der Waals surface area contributed by atoms with Crippen molar-refractivity contribution in [3.8, 4) is 0 Å². The van der Waals surface area contributed by atoms with Crippen LogP contribution in [0.5, 0.6) is 0 Å². The molecular weight excluding hydrogens is 188 g/mol. The number of hydrogen-bond acceptors (Lipinski definition) is 3. The number of aliphatic imine (C=N–C) groups is 1. The van der Waals surface area contributed by atoms with Crippen LogP contribution in [0.15, 0.2) is 21.9 Å². The molecule has 0 radical (unpaired) electrons. The predicted molar refractivity (Wildman–Crippen MR) is 67.7 cm³/mol. The lowest BCUT2D eigenvalue weighted by Crippen LogP contribution is -1.73. The van der Waals surface area contributed by atoms with Crippen LogP contribution >= 0.6 is 0 Å². The van der Waals surface area contributed by atoms with E-state index in [-0.39, 0.29) is 0 Å². The average Bonchev–Trinajstić information content (AvgIpc) is 2.81. The first-order chi connectivity index (χ1) is 7.29. The normalized spacial score (nSPS) is 9.33. The molecule has 0 saturated carbocycles. The summed E-state index contributed by atoms with van der Waals surface area (Å²) in [5.74, 6) is 1.25. The van der Waals surface area contributed by atoms with E-state index in [1.165, 1.54) is 6.39 Å². The Morgan fingerprint density at radius 3 is 2.33 bits per heavy atom. The van der Waals surface area contributed by atoms with Crippen LogP contribution < -0.4 is 0 Å². The third-order valence-electron chi connectivity index (χ3n) is 1.49. The van der Waals surface area contributed by atoms with Crippen molar-refractivity contribution in [2.24, 2.45) is 4.99 Å². The van der Waals surface area contributed by atoms with E-state index in [9.17, 15) is 0 Å². The summed E-state index contributed by atoms with van der Waals surface area (Å²) in [6, 6.07) is 0. The molecule has 0 spiro atoms. The quantitative estimate of drug-likeness (QED) is 0.675. The SMILES string of the molecule is C=Nc1ncoc1/C(C)=C\C.CC.CC. The summed E-state index contributed by atoms with van der Waals surface area (Å²) in [6.45, 7) is 15.3. The number of aromatic nitrogens is 1. The molecule has 0 atom stereocenters. The van der Waals surface area contributed by atoms with Crippen molar-refractivity contribution in [3.05, 3.63) is 18.2 Å². The van der Waals surface area contributed by atoms with Gasteiger partial charge < -0.3 is 4.42 Å². The van der Waals surface area contributed by atoms with Crippen LogP contribution in [0.25, 0.3) is 5.57 Å². The van der Waals surface area contributed by atoms with Gasteiger partial charge in [-0.3, -0.25) is 0 Å². The van der Waals surface area contributed by atoms with Crippen LogP contribution in [0.2, 0.25) is 0 Å². The fourth-order valence-electron chi connectivity index (χ4n) is 0.753. The average molecular weight is 210 g/mol. The molecule has 15 heavy (non-hydrogen) atoms. The van der Waals surface area contributed by atoms with Gasteiger partial charge in [0.2, 0.25) is 0 Å². The van der Waals surface area contributed by atoms with Crippen LogP contribution in [-0.4, -0.2) is 11.7 Å². The highest BCUT2D eigenvalue weighted by atomic mass is 16.3. The maximum Gasteiger partial charge on any atom is 0.198 e. The topological polar surface area (TPSA) is 38.4 Å². The fourth-order valence-corrected chi connectivity index (χ4v) is 0.753. The van der Waals surface area contributed by atoms with Gasteiger partial charge in [0.25, 0.3) is 0 Å². The van der Waals surface area contributed by atoms with E-state index in [0.29, 0.717) is 11.6 Å². The van der Waals surface area contributed by atoms with Crippen molar-refractivity contribution in [1.29, 1.82) is 0 Å². The lowest BCUT2D eigenvalue weighted by molar-refractivity contribution is 0.544. The molecule has 0 saturated heterocycles. The smallest absolute Gasteiger partial charge is 0.198 e. The van der Waals surface area contributed by atoms with Crippen molar-refractivity contribution in [1.82, 2.24) is 4.98 Å². The van der Waals surface area contributed by atoms with Crippen molar-refractivity contribution in [2.75, 3.05) is 0 Å². The van der Waals surface area contributed by atoms with E-state index in [0.717, 1.165) is 5.57 Å². The first-order valence-corrected chi connectivity index (χ1v) is 5.33. The van der Waals surface area contributed by atoms with Crippen LogP contribution in [0.3, 0.4) is 0 Å². The molecule has 3 nitrogen and oxygen atoms in total. The molecule has 0 aliphatic rings. The molecule has 0 N–H and O–H groups in total. The molecular formula is C12H22N2O. The Morgan fingerprint density at radius 2 is 1.93 bits per heavy atom. The van der Waals surface area contributed by atoms with E-state index in [1.807, 2.05) is 47.6 Å². The third kappa shape index (κ3) is 5.15. The Hall–Kier alpha value is -1.38. The Morgan fingerprint density at radius 1 is 1.40 bits per heavy atom. The van der Waals surface area contributed by atoms with Crippen LogP contribution in [0, 0.1) is 0 Å². The van der Waals surface area contributed by atoms with E-state index < -0.39 is 0 Å². The van der Waals surface area contributed by atoms with Crippen molar-refractivity contribution >= 4 is 18.1 Å². The monoisotopic (exact) mass is 210 g/mol. The van der Waals surface area contributed by atoms with Crippen LogP contribution in [0.4, 0.5) is 5.82 Å². The number of hydrogen-bond donors (Lipinski definition) is 0. The third-order valence-corrected chi connectivity index (χ3v) is 1.49. The highest BCUT2D eigenvalue weighted by Gasteiger charge is 2.06. The Kier molecular flexibility index (Phi) is 11.5. The van der Waals surface area contributed by atoms with Gasteiger partial charge in [0.15, 0.2) is 18.0 Å². The number of oxazole rings is 1. The molecule has 0 fully saturated rings. The van der Waals surface area contributed by atoms with Gasteiger partial charge in [-0.1, -0.05) is 33.8 Å². The summed E-state index contributed by atoms with van der Waals surface area (Å²) in [7, 11) is 0. The Bertz CT molecular complexity index is 288. The Labute approximate surface area is 92.9 Å². The van der Waals surface area contributed by atoms with Gasteiger partial charge in [-0.25, -0.2) is 4.99 Å². The molecule has 1 rings (SSSR count). The molecule has 0 aliphatic carbocycles. The van der Waals surface area contributed by atoms with Crippen molar-refractivity contribution in [3.63, 3.8) is 0 Å². The van der Waals surface area contributed by atoms with Crippen molar-refractivity contribution in [2.45, 2.75) is 41.5 Å².